The number of unbranched alkanes of at least 4 members (excludes halogenated alkanes) is 1. The van der Waals surface area contributed by atoms with Gasteiger partial charge in [0.1, 0.15) is 6.04 Å². The van der Waals surface area contributed by atoms with Crippen molar-refractivity contribution in [3.8, 4) is 0 Å². The molecule has 1 aromatic rings. The van der Waals surface area contributed by atoms with Gasteiger partial charge >= 0.3 is 11.9 Å². The molecule has 0 radical (unpaired) electrons. The van der Waals surface area contributed by atoms with Crippen molar-refractivity contribution in [2.75, 3.05) is 19.3 Å². The molecule has 0 spiro atoms. The number of sulfonamides is 1. The molecule has 0 saturated heterocycles. The van der Waals surface area contributed by atoms with Gasteiger partial charge in [-0.1, -0.05) is 49.6 Å². The first kappa shape index (κ1) is 36.4. The van der Waals surface area contributed by atoms with Crippen molar-refractivity contribution in [3.05, 3.63) is 35.9 Å². The molecule has 0 aliphatic heterocycles. The molecule has 1 aromatic carbocycles. The summed E-state index contributed by atoms with van der Waals surface area (Å²) in [5.41, 5.74) is 5.75. The van der Waals surface area contributed by atoms with E-state index in [1.807, 2.05) is 30.3 Å². The number of nitrogens with one attached hydrogen (secondary N) is 3. The fourth-order valence-electron chi connectivity index (χ4n) is 7.01. The van der Waals surface area contributed by atoms with Gasteiger partial charge in [-0.3, -0.25) is 19.2 Å². The summed E-state index contributed by atoms with van der Waals surface area (Å²) in [4.78, 5) is 51.1. The number of benzene rings is 1. The average Bonchev–Trinajstić information content (AvgIpc) is 3.47. The molecule has 2 amide bonds. The molecule has 12 nitrogen and oxygen atoms in total. The fraction of sp³-hybridized carbons (Fsp3) is 0.688. The van der Waals surface area contributed by atoms with Crippen LogP contribution in [0.25, 0.3) is 0 Å². The highest BCUT2D eigenvalue weighted by Crippen LogP contribution is 2.44. The first-order valence-corrected chi connectivity index (χ1v) is 18.0. The smallest absolute Gasteiger partial charge is 0.308 e. The molecule has 252 valence electrons. The minimum atomic E-state index is -3.69. The molecule has 5 atom stereocenters. The Kier molecular flexibility index (Phi) is 13.8. The quantitative estimate of drug-likeness (QED) is 0.129. The predicted octanol–water partition coefficient (Wildman–Crippen LogP) is 2.42. The monoisotopic (exact) mass is 650 g/mol. The molecular formula is C32H50N4O8S. The standard InChI is InChI=1S/C32H50N4O8S/c1-45(43,44)36-27(11-5-8-18-33)28(37)34-21-24(29(38)39)20-32(16-6-7-17-32)31(42)35-25-14-15-26(30(40)41)23(19-25)13-12-22-9-3-2-4-10-22/h2-4,9-10,23-27,36H,5-8,11-21,33H2,1H3,(H,34,37)(H,35,42)(H,38,39)(H,40,41)/t23-,24?,25-,26+,27-/m0/s1. The molecule has 0 bridgehead atoms. The summed E-state index contributed by atoms with van der Waals surface area (Å²) >= 11 is 0. The zero-order valence-electron chi connectivity index (χ0n) is 26.2. The number of carbonyl (C=O) groups excluding carboxylic acids is 2. The van der Waals surface area contributed by atoms with Gasteiger partial charge in [0, 0.05) is 12.6 Å². The molecular weight excluding hydrogens is 600 g/mol. The van der Waals surface area contributed by atoms with Gasteiger partial charge in [-0.25, -0.2) is 13.1 Å². The van der Waals surface area contributed by atoms with Gasteiger partial charge in [-0.2, -0.15) is 0 Å². The molecule has 2 aliphatic carbocycles. The van der Waals surface area contributed by atoms with E-state index in [0.29, 0.717) is 57.9 Å². The van der Waals surface area contributed by atoms with E-state index in [-0.39, 0.29) is 37.3 Å². The highest BCUT2D eigenvalue weighted by atomic mass is 32.2. The summed E-state index contributed by atoms with van der Waals surface area (Å²) in [6.45, 7) is 0.154. The third-order valence-electron chi connectivity index (χ3n) is 9.45. The molecule has 7 N–H and O–H groups in total. The lowest BCUT2D eigenvalue weighted by Crippen LogP contribution is -2.50. The van der Waals surface area contributed by atoms with Crippen molar-refractivity contribution in [3.63, 3.8) is 0 Å². The van der Waals surface area contributed by atoms with Crippen molar-refractivity contribution in [2.24, 2.45) is 28.9 Å². The number of aryl methyl sites for hydroxylation is 1. The maximum atomic E-state index is 13.9. The van der Waals surface area contributed by atoms with Crippen molar-refractivity contribution in [2.45, 2.75) is 95.6 Å². The highest BCUT2D eigenvalue weighted by Gasteiger charge is 2.45. The fourth-order valence-corrected chi connectivity index (χ4v) is 7.75. The summed E-state index contributed by atoms with van der Waals surface area (Å²) in [5.74, 6) is -4.41. The third kappa shape index (κ3) is 11.4. The van der Waals surface area contributed by atoms with Gasteiger partial charge in [0.05, 0.1) is 23.5 Å². The van der Waals surface area contributed by atoms with Crippen LogP contribution >= 0.6 is 0 Å². The molecule has 2 aliphatic rings. The Hall–Kier alpha value is -3.03. The maximum absolute atomic E-state index is 13.9. The SMILES string of the molecule is CS(=O)(=O)N[C@@H](CCCCN)C(=O)NCC(CC1(C(=O)N[C@H]2CC[C@@H](C(=O)O)[C@@H](CCc3ccccc3)C2)CCCC1)C(=O)O. The summed E-state index contributed by atoms with van der Waals surface area (Å²) in [7, 11) is -3.69. The molecule has 3 rings (SSSR count). The molecule has 2 fully saturated rings. The Morgan fingerprint density at radius 1 is 1.04 bits per heavy atom. The highest BCUT2D eigenvalue weighted by molar-refractivity contribution is 7.88. The van der Waals surface area contributed by atoms with Crippen LogP contribution in [-0.2, 0) is 35.6 Å². The van der Waals surface area contributed by atoms with E-state index in [1.165, 1.54) is 0 Å². The largest absolute Gasteiger partial charge is 0.481 e. The number of carboxylic acids is 2. The normalized spacial score (nSPS) is 22.7. The van der Waals surface area contributed by atoms with Gasteiger partial charge < -0.3 is 26.6 Å². The Labute approximate surface area is 266 Å². The van der Waals surface area contributed by atoms with Crippen LogP contribution in [0.4, 0.5) is 0 Å². The Morgan fingerprint density at radius 2 is 1.73 bits per heavy atom. The Morgan fingerprint density at radius 3 is 2.33 bits per heavy atom. The zero-order chi connectivity index (χ0) is 33.0. The summed E-state index contributed by atoms with van der Waals surface area (Å²) in [6.07, 6.45) is 7.93. The Bertz CT molecular complexity index is 1250. The summed E-state index contributed by atoms with van der Waals surface area (Å²) in [6, 6.07) is 8.64. The van der Waals surface area contributed by atoms with Gasteiger partial charge in [0.25, 0.3) is 0 Å². The predicted molar refractivity (Wildman–Crippen MR) is 169 cm³/mol. The lowest BCUT2D eigenvalue weighted by atomic mass is 9.73. The van der Waals surface area contributed by atoms with Crippen molar-refractivity contribution < 1.29 is 37.8 Å². The van der Waals surface area contributed by atoms with Gasteiger partial charge in [-0.05, 0) is 82.2 Å². The molecule has 13 heteroatoms. The van der Waals surface area contributed by atoms with Crippen LogP contribution in [0.15, 0.2) is 30.3 Å². The van der Waals surface area contributed by atoms with Crippen LogP contribution in [0.1, 0.15) is 82.6 Å². The number of rotatable bonds is 18. The van der Waals surface area contributed by atoms with E-state index in [4.69, 9.17) is 5.73 Å². The second kappa shape index (κ2) is 17.0. The van der Waals surface area contributed by atoms with Gasteiger partial charge in [0.2, 0.25) is 21.8 Å². The number of carbonyl (C=O) groups is 4. The van der Waals surface area contributed by atoms with Crippen LogP contribution in [0, 0.1) is 23.2 Å². The number of hydrogen-bond donors (Lipinski definition) is 6. The first-order valence-electron chi connectivity index (χ1n) is 16.1. The summed E-state index contributed by atoms with van der Waals surface area (Å²) < 4.78 is 26.0. The number of aliphatic carboxylic acids is 2. The molecule has 2 saturated carbocycles. The molecule has 1 unspecified atom stereocenters. The number of nitrogens with two attached hydrogens (primary N) is 1. The Balaban J connectivity index is 1.65. The van der Waals surface area contributed by atoms with Crippen LogP contribution in [-0.4, -0.2) is 73.8 Å². The van der Waals surface area contributed by atoms with Crippen LogP contribution in [0.2, 0.25) is 0 Å². The molecule has 45 heavy (non-hydrogen) atoms. The van der Waals surface area contributed by atoms with Gasteiger partial charge in [0.15, 0.2) is 0 Å². The minimum absolute atomic E-state index is 0.0354. The average molecular weight is 651 g/mol. The summed E-state index contributed by atoms with van der Waals surface area (Å²) in [5, 5.41) is 25.7. The topological polar surface area (TPSA) is 205 Å². The van der Waals surface area contributed by atoms with Crippen molar-refractivity contribution in [1.82, 2.24) is 15.4 Å². The van der Waals surface area contributed by atoms with Crippen LogP contribution in [0.3, 0.4) is 0 Å². The number of hydrogen-bond acceptors (Lipinski definition) is 7. The van der Waals surface area contributed by atoms with E-state index in [9.17, 15) is 37.8 Å². The lowest BCUT2D eigenvalue weighted by molar-refractivity contribution is -0.145. The van der Waals surface area contributed by atoms with Gasteiger partial charge in [-0.15, -0.1) is 0 Å². The van der Waals surface area contributed by atoms with Crippen LogP contribution < -0.4 is 21.1 Å². The maximum Gasteiger partial charge on any atom is 0.308 e. The second-order valence-corrected chi connectivity index (χ2v) is 14.7. The van der Waals surface area contributed by atoms with E-state index in [2.05, 4.69) is 15.4 Å². The van der Waals surface area contributed by atoms with E-state index in [0.717, 1.165) is 31.1 Å². The van der Waals surface area contributed by atoms with Crippen LogP contribution in [0.5, 0.6) is 0 Å². The third-order valence-corrected chi connectivity index (χ3v) is 10.2. The van der Waals surface area contributed by atoms with E-state index < -0.39 is 51.2 Å². The molecule has 0 heterocycles. The lowest BCUT2D eigenvalue weighted by Gasteiger charge is -2.37. The van der Waals surface area contributed by atoms with Crippen molar-refractivity contribution >= 4 is 33.8 Å². The minimum Gasteiger partial charge on any atom is -0.481 e. The number of carboxylic acid groups (broad SMARTS) is 2. The second-order valence-electron chi connectivity index (χ2n) is 12.9. The first-order chi connectivity index (χ1) is 21.3. The molecule has 0 aromatic heterocycles. The van der Waals surface area contributed by atoms with E-state index >= 15 is 0 Å². The van der Waals surface area contributed by atoms with Crippen molar-refractivity contribution in [1.29, 1.82) is 0 Å². The van der Waals surface area contributed by atoms with E-state index in [1.54, 1.807) is 0 Å². The zero-order valence-corrected chi connectivity index (χ0v) is 27.0. The number of amides is 2.